The lowest BCUT2D eigenvalue weighted by atomic mass is 10.0. The van der Waals surface area contributed by atoms with Gasteiger partial charge in [-0.25, -0.2) is 9.37 Å². The second-order valence-electron chi connectivity index (χ2n) is 8.04. The van der Waals surface area contributed by atoms with E-state index in [0.717, 1.165) is 12.7 Å². The highest BCUT2D eigenvalue weighted by molar-refractivity contribution is 5.85. The van der Waals surface area contributed by atoms with Crippen molar-refractivity contribution in [1.29, 1.82) is 0 Å². The molecule has 0 spiro atoms. The molecule has 31 heavy (non-hydrogen) atoms. The van der Waals surface area contributed by atoms with Crippen LogP contribution in [0.5, 0.6) is 0 Å². The first-order valence-electron chi connectivity index (χ1n) is 10.2. The number of hydrogen-bond acceptors (Lipinski definition) is 6. The van der Waals surface area contributed by atoms with Crippen molar-refractivity contribution in [3.8, 4) is 5.69 Å². The first-order chi connectivity index (χ1) is 14.7. The first kappa shape index (κ1) is 22.4. The van der Waals surface area contributed by atoms with Gasteiger partial charge in [-0.1, -0.05) is 13.8 Å². The van der Waals surface area contributed by atoms with Crippen LogP contribution in [0.4, 0.5) is 10.2 Å². The summed E-state index contributed by atoms with van der Waals surface area (Å²) in [7, 11) is 3.90. The van der Waals surface area contributed by atoms with Crippen LogP contribution in [0.25, 0.3) is 16.7 Å². The molecule has 3 N–H and O–H groups in total. The molecule has 0 unspecified atom stereocenters. The van der Waals surface area contributed by atoms with E-state index in [9.17, 15) is 14.0 Å². The van der Waals surface area contributed by atoms with Crippen LogP contribution in [0, 0.1) is 11.7 Å². The molecular weight excluding hydrogens is 401 g/mol. The molecule has 0 aromatic carbocycles. The molecule has 0 bridgehead atoms. The molecular formula is C21H28FN7O2. The quantitative estimate of drug-likeness (QED) is 0.478. The molecule has 3 rings (SSSR count). The van der Waals surface area contributed by atoms with Gasteiger partial charge in [-0.2, -0.15) is 4.68 Å². The fourth-order valence-corrected chi connectivity index (χ4v) is 3.13. The lowest BCUT2D eigenvalue weighted by Gasteiger charge is -2.23. The number of anilines is 1. The van der Waals surface area contributed by atoms with Gasteiger partial charge in [0, 0.05) is 43.2 Å². The van der Waals surface area contributed by atoms with E-state index in [4.69, 9.17) is 0 Å². The van der Waals surface area contributed by atoms with Gasteiger partial charge in [0.2, 0.25) is 5.91 Å². The number of pyridine rings is 1. The van der Waals surface area contributed by atoms with Gasteiger partial charge in [0.05, 0.1) is 11.9 Å². The predicted molar refractivity (Wildman–Crippen MR) is 118 cm³/mol. The van der Waals surface area contributed by atoms with Crippen molar-refractivity contribution < 1.29 is 9.18 Å². The van der Waals surface area contributed by atoms with Crippen molar-refractivity contribution >= 4 is 22.8 Å². The zero-order valence-electron chi connectivity index (χ0n) is 18.1. The first-order valence-corrected chi connectivity index (χ1v) is 10.2. The Bertz CT molecular complexity index is 1110. The molecule has 0 radical (unpaired) electrons. The van der Waals surface area contributed by atoms with E-state index in [0.29, 0.717) is 29.1 Å². The average Bonchev–Trinajstić information content (AvgIpc) is 3.11. The minimum Gasteiger partial charge on any atom is -0.365 e. The van der Waals surface area contributed by atoms with Gasteiger partial charge in [0.15, 0.2) is 0 Å². The molecule has 3 heterocycles. The Morgan fingerprint density at radius 1 is 1.32 bits per heavy atom. The number of amides is 1. The van der Waals surface area contributed by atoms with E-state index in [1.807, 2.05) is 32.8 Å². The number of halogens is 1. The van der Waals surface area contributed by atoms with Gasteiger partial charge in [-0.15, -0.1) is 5.10 Å². The molecule has 3 aromatic heterocycles. The van der Waals surface area contributed by atoms with E-state index in [1.165, 1.54) is 16.8 Å². The molecule has 0 saturated carbocycles. The number of carbonyl (C=O) groups excluding carboxylic acids is 1. The number of hydrogen-bond donors (Lipinski definition) is 3. The fraction of sp³-hybridized carbons (Fsp3) is 0.429. The lowest BCUT2D eigenvalue weighted by Crippen LogP contribution is -2.37. The number of fused-ring (bicyclic) bond motifs is 1. The lowest BCUT2D eigenvalue weighted by molar-refractivity contribution is -0.121. The number of H-pyrrole nitrogens is 1. The third kappa shape index (κ3) is 5.66. The Morgan fingerprint density at radius 3 is 2.81 bits per heavy atom. The summed E-state index contributed by atoms with van der Waals surface area (Å²) in [6.07, 6.45) is 2.94. The number of nitrogens with one attached hydrogen (secondary N) is 3. The van der Waals surface area contributed by atoms with Crippen molar-refractivity contribution in [3.05, 3.63) is 46.8 Å². The summed E-state index contributed by atoms with van der Waals surface area (Å²) in [5, 5.41) is 11.0. The van der Waals surface area contributed by atoms with Crippen LogP contribution in [0.15, 0.2) is 35.4 Å². The normalized spacial score (nSPS) is 12.5. The Balaban J connectivity index is 1.80. The van der Waals surface area contributed by atoms with Crippen molar-refractivity contribution in [2.45, 2.75) is 26.3 Å². The Morgan fingerprint density at radius 2 is 2.10 bits per heavy atom. The Labute approximate surface area is 179 Å². The second kappa shape index (κ2) is 9.69. The van der Waals surface area contributed by atoms with Crippen molar-refractivity contribution in [2.24, 2.45) is 5.92 Å². The maximum absolute atomic E-state index is 13.7. The topological polar surface area (TPSA) is 108 Å². The summed E-state index contributed by atoms with van der Waals surface area (Å²) in [4.78, 5) is 33.7. The number of nitrogens with zero attached hydrogens (tertiary/aromatic N) is 4. The Hall–Kier alpha value is -3.27. The number of aromatic amines is 1. The molecule has 9 nitrogen and oxygen atoms in total. The van der Waals surface area contributed by atoms with Crippen LogP contribution in [0.3, 0.4) is 0 Å². The highest BCUT2D eigenvalue weighted by atomic mass is 19.1. The summed E-state index contributed by atoms with van der Waals surface area (Å²) in [6.45, 7) is 5.35. The van der Waals surface area contributed by atoms with Gasteiger partial charge >= 0.3 is 0 Å². The Kier molecular flexibility index (Phi) is 7.01. The maximum atomic E-state index is 13.7. The molecule has 3 aromatic rings. The third-order valence-corrected chi connectivity index (χ3v) is 4.93. The van der Waals surface area contributed by atoms with Gasteiger partial charge in [0.1, 0.15) is 17.3 Å². The highest BCUT2D eigenvalue weighted by Crippen LogP contribution is 2.20. The number of likely N-dealkylation sites (N-methyl/N-ethyl adjacent to an activating group) is 1. The van der Waals surface area contributed by atoms with Crippen molar-refractivity contribution in [3.63, 3.8) is 0 Å². The monoisotopic (exact) mass is 429 g/mol. The molecule has 0 aliphatic carbocycles. The van der Waals surface area contributed by atoms with Crippen LogP contribution in [0.1, 0.15) is 20.3 Å². The van der Waals surface area contributed by atoms with Gasteiger partial charge in [-0.05, 0) is 32.1 Å². The van der Waals surface area contributed by atoms with E-state index >= 15 is 0 Å². The molecule has 166 valence electrons. The summed E-state index contributed by atoms with van der Waals surface area (Å²) in [5.41, 5.74) is 0.495. The molecule has 0 fully saturated rings. The van der Waals surface area contributed by atoms with Gasteiger partial charge in [-0.3, -0.25) is 9.59 Å². The standard InChI is InChI=1S/C21H28FN7O2/c1-13(2)16(10-19(30)23-7-8-28(3)4)26-18-5-6-20(31)29(27-18)17-12-25-21-15(17)9-14(22)11-24-21/h5-6,9,11-13,16H,7-8,10H2,1-4H3,(H,23,30)(H,24,25)(H,26,27)/t16-/m1/s1. The third-order valence-electron chi connectivity index (χ3n) is 4.93. The number of aromatic nitrogens is 4. The summed E-state index contributed by atoms with van der Waals surface area (Å²) in [6, 6.07) is 4.08. The molecule has 10 heteroatoms. The molecule has 0 saturated heterocycles. The molecule has 0 aliphatic rings. The molecule has 1 atom stereocenters. The van der Waals surface area contributed by atoms with Crippen LogP contribution >= 0.6 is 0 Å². The summed E-state index contributed by atoms with van der Waals surface area (Å²) >= 11 is 0. The van der Waals surface area contributed by atoms with Crippen LogP contribution in [0.2, 0.25) is 0 Å². The average molecular weight is 430 g/mol. The SMILES string of the molecule is CC(C)[C@@H](CC(=O)NCCN(C)C)Nc1ccc(=O)n(-c2c[nH]c3ncc(F)cc23)n1. The highest BCUT2D eigenvalue weighted by Gasteiger charge is 2.19. The number of carbonyl (C=O) groups is 1. The van der Waals surface area contributed by atoms with Crippen LogP contribution < -0.4 is 16.2 Å². The summed E-state index contributed by atoms with van der Waals surface area (Å²) in [5.74, 6) is 0.0293. The maximum Gasteiger partial charge on any atom is 0.271 e. The van der Waals surface area contributed by atoms with Crippen molar-refractivity contribution in [2.75, 3.05) is 32.5 Å². The largest absolute Gasteiger partial charge is 0.365 e. The van der Waals surface area contributed by atoms with E-state index in [1.54, 1.807) is 12.3 Å². The molecule has 0 aliphatic heterocycles. The van der Waals surface area contributed by atoms with Gasteiger partial charge in [0.25, 0.3) is 5.56 Å². The minimum atomic E-state index is -0.504. The van der Waals surface area contributed by atoms with Gasteiger partial charge < -0.3 is 20.5 Å². The second-order valence-corrected chi connectivity index (χ2v) is 8.04. The molecule has 1 amide bonds. The predicted octanol–water partition coefficient (Wildman–Crippen LogP) is 1.75. The smallest absolute Gasteiger partial charge is 0.271 e. The van der Waals surface area contributed by atoms with Crippen molar-refractivity contribution in [1.82, 2.24) is 30.0 Å². The number of rotatable bonds is 9. The summed E-state index contributed by atoms with van der Waals surface area (Å²) < 4.78 is 14.9. The zero-order valence-corrected chi connectivity index (χ0v) is 18.1. The van der Waals surface area contributed by atoms with E-state index in [2.05, 4.69) is 25.7 Å². The van der Waals surface area contributed by atoms with Crippen LogP contribution in [-0.2, 0) is 4.79 Å². The van der Waals surface area contributed by atoms with E-state index < -0.39 is 5.82 Å². The van der Waals surface area contributed by atoms with Crippen LogP contribution in [-0.4, -0.2) is 63.8 Å². The van der Waals surface area contributed by atoms with E-state index in [-0.39, 0.29) is 29.8 Å². The fourth-order valence-electron chi connectivity index (χ4n) is 3.13. The zero-order chi connectivity index (χ0) is 22.5. The minimum absolute atomic E-state index is 0.0560.